The molecule has 0 spiro atoms. The van der Waals surface area contributed by atoms with Crippen molar-refractivity contribution in [2.45, 2.75) is 31.5 Å². The summed E-state index contributed by atoms with van der Waals surface area (Å²) >= 11 is 0. The Morgan fingerprint density at radius 1 is 1.40 bits per heavy atom. The maximum atomic E-state index is 12.9. The normalized spacial score (nSPS) is 18.2. The molecule has 1 aromatic rings. The summed E-state index contributed by atoms with van der Waals surface area (Å²) in [7, 11) is 0. The molecule has 0 radical (unpaired) electrons. The molecule has 1 fully saturated rings. The minimum Gasteiger partial charge on any atom is -0.378 e. The van der Waals surface area contributed by atoms with E-state index in [0.717, 1.165) is 18.9 Å². The topological polar surface area (TPSA) is 61.8 Å². The third-order valence-electron chi connectivity index (χ3n) is 3.78. The number of hydrogen-bond acceptors (Lipinski definition) is 3. The molecule has 3 N–H and O–H groups in total. The molecule has 1 unspecified atom stereocenters. The molecule has 0 saturated heterocycles. The fourth-order valence-electron chi connectivity index (χ4n) is 2.32. The minimum atomic E-state index is -4.54. The highest BCUT2D eigenvalue weighted by molar-refractivity contribution is 5.54. The molecule has 20 heavy (non-hydrogen) atoms. The van der Waals surface area contributed by atoms with Crippen LogP contribution in [-0.2, 0) is 6.18 Å². The van der Waals surface area contributed by atoms with Crippen molar-refractivity contribution in [1.29, 1.82) is 5.26 Å². The summed E-state index contributed by atoms with van der Waals surface area (Å²) in [6.45, 7) is 2.26. The van der Waals surface area contributed by atoms with Crippen LogP contribution in [0, 0.1) is 17.2 Å². The van der Waals surface area contributed by atoms with Gasteiger partial charge in [-0.15, -0.1) is 0 Å². The lowest BCUT2D eigenvalue weighted by molar-refractivity contribution is -0.137. The molecule has 0 aliphatic heterocycles. The van der Waals surface area contributed by atoms with Gasteiger partial charge >= 0.3 is 6.18 Å². The number of nitrogens with one attached hydrogen (secondary N) is 1. The third kappa shape index (κ3) is 2.88. The number of rotatable bonds is 4. The minimum absolute atomic E-state index is 0.344. The van der Waals surface area contributed by atoms with E-state index in [1.54, 1.807) is 6.07 Å². The van der Waals surface area contributed by atoms with Gasteiger partial charge < -0.3 is 11.1 Å². The fourth-order valence-corrected chi connectivity index (χ4v) is 2.32. The van der Waals surface area contributed by atoms with Crippen molar-refractivity contribution in [3.05, 3.63) is 29.3 Å². The SMILES string of the molecule is CC(CN)(Nc1ccc(C#N)c(C(F)(F)F)c1)C1CC1. The van der Waals surface area contributed by atoms with Gasteiger partial charge in [-0.1, -0.05) is 0 Å². The third-order valence-corrected chi connectivity index (χ3v) is 3.78. The summed E-state index contributed by atoms with van der Waals surface area (Å²) in [4.78, 5) is 0. The molecule has 0 amide bonds. The van der Waals surface area contributed by atoms with E-state index in [2.05, 4.69) is 5.32 Å². The van der Waals surface area contributed by atoms with Gasteiger partial charge in [0, 0.05) is 17.8 Å². The van der Waals surface area contributed by atoms with Crippen molar-refractivity contribution in [3.63, 3.8) is 0 Å². The van der Waals surface area contributed by atoms with E-state index < -0.39 is 17.3 Å². The highest BCUT2D eigenvalue weighted by Crippen LogP contribution is 2.41. The van der Waals surface area contributed by atoms with Gasteiger partial charge in [0.15, 0.2) is 0 Å². The highest BCUT2D eigenvalue weighted by Gasteiger charge is 2.41. The van der Waals surface area contributed by atoms with Crippen molar-refractivity contribution in [2.75, 3.05) is 11.9 Å². The zero-order valence-electron chi connectivity index (χ0n) is 11.1. The van der Waals surface area contributed by atoms with E-state index in [-0.39, 0.29) is 5.56 Å². The predicted octanol–water partition coefficient (Wildman–Crippen LogP) is 3.12. The zero-order valence-corrected chi connectivity index (χ0v) is 11.1. The van der Waals surface area contributed by atoms with Crippen molar-refractivity contribution >= 4 is 5.69 Å². The monoisotopic (exact) mass is 283 g/mol. The molecular weight excluding hydrogens is 267 g/mol. The Hall–Kier alpha value is -1.74. The van der Waals surface area contributed by atoms with E-state index in [0.29, 0.717) is 18.2 Å². The van der Waals surface area contributed by atoms with Crippen LogP contribution < -0.4 is 11.1 Å². The molecule has 1 atom stereocenters. The summed E-state index contributed by atoms with van der Waals surface area (Å²) in [5.41, 5.74) is 4.39. The van der Waals surface area contributed by atoms with Gasteiger partial charge in [-0.3, -0.25) is 0 Å². The average molecular weight is 283 g/mol. The van der Waals surface area contributed by atoms with Crippen LogP contribution in [0.25, 0.3) is 0 Å². The Morgan fingerprint density at radius 2 is 2.05 bits per heavy atom. The summed E-state index contributed by atoms with van der Waals surface area (Å²) in [5, 5.41) is 11.9. The lowest BCUT2D eigenvalue weighted by atomic mass is 9.95. The van der Waals surface area contributed by atoms with Gasteiger partial charge in [-0.05, 0) is 43.9 Å². The van der Waals surface area contributed by atoms with Crippen molar-refractivity contribution < 1.29 is 13.2 Å². The molecule has 1 aliphatic rings. The summed E-state index contributed by atoms with van der Waals surface area (Å²) < 4.78 is 38.7. The van der Waals surface area contributed by atoms with Gasteiger partial charge in [0.1, 0.15) is 0 Å². The molecule has 1 saturated carbocycles. The first-order chi connectivity index (χ1) is 9.30. The Morgan fingerprint density at radius 3 is 2.50 bits per heavy atom. The fraction of sp³-hybridized carbons (Fsp3) is 0.500. The van der Waals surface area contributed by atoms with Crippen LogP contribution in [0.2, 0.25) is 0 Å². The van der Waals surface area contributed by atoms with Crippen LogP contribution in [0.15, 0.2) is 18.2 Å². The number of nitriles is 1. The molecule has 0 bridgehead atoms. The second kappa shape index (κ2) is 4.98. The zero-order chi connectivity index (χ0) is 15.0. The van der Waals surface area contributed by atoms with E-state index in [1.807, 2.05) is 6.92 Å². The molecule has 1 aromatic carbocycles. The number of nitrogens with two attached hydrogens (primary N) is 1. The first-order valence-corrected chi connectivity index (χ1v) is 6.40. The lowest BCUT2D eigenvalue weighted by Crippen LogP contribution is -2.44. The number of nitrogens with zero attached hydrogens (tertiary/aromatic N) is 1. The first-order valence-electron chi connectivity index (χ1n) is 6.40. The smallest absolute Gasteiger partial charge is 0.378 e. The molecule has 108 valence electrons. The largest absolute Gasteiger partial charge is 0.417 e. The molecule has 3 nitrogen and oxygen atoms in total. The number of alkyl halides is 3. The second-order valence-electron chi connectivity index (χ2n) is 5.39. The highest BCUT2D eigenvalue weighted by atomic mass is 19.4. The van der Waals surface area contributed by atoms with Crippen LogP contribution >= 0.6 is 0 Å². The van der Waals surface area contributed by atoms with Crippen molar-refractivity contribution in [3.8, 4) is 6.07 Å². The summed E-state index contributed by atoms with van der Waals surface area (Å²) in [6.07, 6.45) is -2.48. The van der Waals surface area contributed by atoms with Crippen LogP contribution in [-0.4, -0.2) is 12.1 Å². The van der Waals surface area contributed by atoms with Gasteiger partial charge in [0.05, 0.1) is 17.2 Å². The first kappa shape index (κ1) is 14.7. The van der Waals surface area contributed by atoms with Gasteiger partial charge in [-0.2, -0.15) is 18.4 Å². The van der Waals surface area contributed by atoms with Gasteiger partial charge in [0.2, 0.25) is 0 Å². The van der Waals surface area contributed by atoms with Crippen LogP contribution in [0.1, 0.15) is 30.9 Å². The maximum absolute atomic E-state index is 12.9. The van der Waals surface area contributed by atoms with E-state index in [9.17, 15) is 13.2 Å². The molecule has 6 heteroatoms. The lowest BCUT2D eigenvalue weighted by Gasteiger charge is -2.31. The van der Waals surface area contributed by atoms with Crippen LogP contribution in [0.3, 0.4) is 0 Å². The van der Waals surface area contributed by atoms with Gasteiger partial charge in [-0.25, -0.2) is 0 Å². The van der Waals surface area contributed by atoms with Crippen molar-refractivity contribution in [2.24, 2.45) is 11.7 Å². The summed E-state index contributed by atoms with van der Waals surface area (Å²) in [6, 6.07) is 5.23. The molecule has 2 rings (SSSR count). The Labute approximate surface area is 115 Å². The van der Waals surface area contributed by atoms with Crippen molar-refractivity contribution in [1.82, 2.24) is 0 Å². The van der Waals surface area contributed by atoms with Crippen LogP contribution in [0.5, 0.6) is 0 Å². The van der Waals surface area contributed by atoms with Gasteiger partial charge in [0.25, 0.3) is 0 Å². The Bertz CT molecular complexity index is 544. The number of anilines is 1. The molecule has 1 aliphatic carbocycles. The number of benzene rings is 1. The van der Waals surface area contributed by atoms with E-state index in [4.69, 9.17) is 11.0 Å². The standard InChI is InChI=1S/C14H16F3N3/c1-13(8-19,10-3-4-10)20-11-5-2-9(7-18)12(6-11)14(15,16)17/h2,5-6,10,20H,3-4,8,19H2,1H3. The van der Waals surface area contributed by atoms with E-state index in [1.165, 1.54) is 12.1 Å². The second-order valence-corrected chi connectivity index (χ2v) is 5.39. The maximum Gasteiger partial charge on any atom is 0.417 e. The average Bonchev–Trinajstić information content (AvgIpc) is 3.22. The molecule has 0 aromatic heterocycles. The van der Waals surface area contributed by atoms with Crippen LogP contribution in [0.4, 0.5) is 18.9 Å². The molecular formula is C14H16F3N3. The molecule has 0 heterocycles. The predicted molar refractivity (Wildman–Crippen MR) is 70.0 cm³/mol. The Balaban J connectivity index is 2.32. The quantitative estimate of drug-likeness (QED) is 0.892. The number of halogens is 3. The van der Waals surface area contributed by atoms with E-state index >= 15 is 0 Å². The number of hydrogen-bond donors (Lipinski definition) is 2. The summed E-state index contributed by atoms with van der Waals surface area (Å²) in [5.74, 6) is 0.387. The Kier molecular flexibility index (Phi) is 3.65.